The van der Waals surface area contributed by atoms with Gasteiger partial charge in [-0.3, -0.25) is 14.9 Å². The maximum Gasteiger partial charge on any atom is 0.273 e. The molecule has 3 rings (SSSR count). The van der Waals surface area contributed by atoms with Crippen LogP contribution in [0.15, 0.2) is 48.8 Å². The number of H-pyrrole nitrogens is 1. The minimum absolute atomic E-state index is 0.281. The van der Waals surface area contributed by atoms with Crippen molar-refractivity contribution in [1.29, 1.82) is 0 Å². The molecule has 0 spiro atoms. The molecule has 23 heavy (non-hydrogen) atoms. The fourth-order valence-electron chi connectivity index (χ4n) is 2.21. The Bertz CT molecular complexity index is 828. The van der Waals surface area contributed by atoms with E-state index >= 15 is 0 Å². The number of ether oxygens (including phenoxy) is 1. The molecule has 6 heteroatoms. The number of carbonyl (C=O) groups excluding carboxylic acids is 1. The summed E-state index contributed by atoms with van der Waals surface area (Å²) in [6.45, 7) is 1.95. The Morgan fingerprint density at radius 1 is 1.26 bits per heavy atom. The van der Waals surface area contributed by atoms with Crippen molar-refractivity contribution in [1.82, 2.24) is 15.2 Å². The third-order valence-corrected chi connectivity index (χ3v) is 3.38. The molecule has 0 bridgehead atoms. The van der Waals surface area contributed by atoms with E-state index in [2.05, 4.69) is 20.5 Å². The summed E-state index contributed by atoms with van der Waals surface area (Å²) in [5.74, 6) is 0.326. The van der Waals surface area contributed by atoms with E-state index in [1.807, 2.05) is 37.3 Å². The van der Waals surface area contributed by atoms with Crippen molar-refractivity contribution in [3.8, 4) is 17.0 Å². The highest BCUT2D eigenvalue weighted by Gasteiger charge is 2.13. The standard InChI is InChI=1S/C17H16N4O2/c1-11-5-6-16(23-2)14(8-11)19-17(22)15-9-13(20-21-15)12-4-3-7-18-10-12/h3-10H,1-2H3,(H,19,22)(H,20,21). The van der Waals surface area contributed by atoms with Crippen LogP contribution in [0, 0.1) is 6.92 Å². The minimum Gasteiger partial charge on any atom is -0.495 e. The van der Waals surface area contributed by atoms with Crippen LogP contribution < -0.4 is 10.1 Å². The number of nitrogens with zero attached hydrogens (tertiary/aromatic N) is 2. The first-order valence-corrected chi connectivity index (χ1v) is 7.09. The van der Waals surface area contributed by atoms with Crippen LogP contribution in [0.2, 0.25) is 0 Å². The number of amides is 1. The Balaban J connectivity index is 1.82. The van der Waals surface area contributed by atoms with Crippen LogP contribution in [0.25, 0.3) is 11.3 Å². The lowest BCUT2D eigenvalue weighted by Gasteiger charge is -2.10. The van der Waals surface area contributed by atoms with Crippen LogP contribution in [-0.4, -0.2) is 28.2 Å². The lowest BCUT2D eigenvalue weighted by Crippen LogP contribution is -2.13. The van der Waals surface area contributed by atoms with Crippen molar-refractivity contribution in [2.45, 2.75) is 6.92 Å². The molecule has 0 aliphatic rings. The molecule has 0 aliphatic heterocycles. The summed E-state index contributed by atoms with van der Waals surface area (Å²) < 4.78 is 5.26. The van der Waals surface area contributed by atoms with Crippen LogP contribution in [0.4, 0.5) is 5.69 Å². The Hall–Kier alpha value is -3.15. The normalized spacial score (nSPS) is 10.3. The van der Waals surface area contributed by atoms with Crippen LogP contribution in [0.1, 0.15) is 16.1 Å². The molecule has 0 radical (unpaired) electrons. The van der Waals surface area contributed by atoms with Gasteiger partial charge in [0.05, 0.1) is 18.5 Å². The number of carbonyl (C=O) groups is 1. The number of rotatable bonds is 4. The Morgan fingerprint density at radius 3 is 2.87 bits per heavy atom. The van der Waals surface area contributed by atoms with Crippen molar-refractivity contribution < 1.29 is 9.53 Å². The summed E-state index contributed by atoms with van der Waals surface area (Å²) in [5, 5.41) is 9.73. The molecule has 6 nitrogen and oxygen atoms in total. The predicted molar refractivity (Wildman–Crippen MR) is 87.5 cm³/mol. The lowest BCUT2D eigenvalue weighted by atomic mass is 10.2. The van der Waals surface area contributed by atoms with Gasteiger partial charge in [0.2, 0.25) is 0 Å². The van der Waals surface area contributed by atoms with E-state index in [0.29, 0.717) is 22.8 Å². The molecule has 0 fully saturated rings. The highest BCUT2D eigenvalue weighted by atomic mass is 16.5. The second-order valence-corrected chi connectivity index (χ2v) is 5.07. The average molecular weight is 308 g/mol. The Labute approximate surface area is 133 Å². The minimum atomic E-state index is -0.281. The van der Waals surface area contributed by atoms with Gasteiger partial charge in [0, 0.05) is 18.0 Å². The van der Waals surface area contributed by atoms with Gasteiger partial charge < -0.3 is 10.1 Å². The molecule has 116 valence electrons. The molecule has 1 aromatic carbocycles. The van der Waals surface area contributed by atoms with Crippen molar-refractivity contribution in [3.63, 3.8) is 0 Å². The van der Waals surface area contributed by atoms with E-state index in [4.69, 9.17) is 4.74 Å². The third kappa shape index (κ3) is 3.21. The summed E-state index contributed by atoms with van der Waals surface area (Å²) in [6, 6.07) is 11.0. The zero-order chi connectivity index (χ0) is 16.2. The monoisotopic (exact) mass is 308 g/mol. The van der Waals surface area contributed by atoms with E-state index < -0.39 is 0 Å². The Morgan fingerprint density at radius 2 is 2.13 bits per heavy atom. The van der Waals surface area contributed by atoms with E-state index in [0.717, 1.165) is 11.1 Å². The van der Waals surface area contributed by atoms with Gasteiger partial charge in [-0.1, -0.05) is 6.07 Å². The zero-order valence-corrected chi connectivity index (χ0v) is 12.8. The summed E-state index contributed by atoms with van der Waals surface area (Å²) >= 11 is 0. The number of aromatic nitrogens is 3. The second kappa shape index (κ2) is 6.31. The number of nitrogens with one attached hydrogen (secondary N) is 2. The molecule has 0 saturated heterocycles. The predicted octanol–water partition coefficient (Wildman–Crippen LogP) is 3.04. The van der Waals surface area contributed by atoms with Crippen LogP contribution in [0.3, 0.4) is 0 Å². The third-order valence-electron chi connectivity index (χ3n) is 3.38. The van der Waals surface area contributed by atoms with E-state index in [1.54, 1.807) is 25.6 Å². The quantitative estimate of drug-likeness (QED) is 0.776. The van der Waals surface area contributed by atoms with Gasteiger partial charge >= 0.3 is 0 Å². The SMILES string of the molecule is COc1ccc(C)cc1NC(=O)c1cc(-c2cccnc2)n[nH]1. The van der Waals surface area contributed by atoms with Gasteiger partial charge in [-0.05, 0) is 42.8 Å². The molecule has 2 N–H and O–H groups in total. The molecule has 0 saturated carbocycles. The zero-order valence-electron chi connectivity index (χ0n) is 12.8. The van der Waals surface area contributed by atoms with Gasteiger partial charge in [-0.2, -0.15) is 5.10 Å². The molecule has 0 atom stereocenters. The number of hydrogen-bond donors (Lipinski definition) is 2. The number of pyridine rings is 1. The highest BCUT2D eigenvalue weighted by Crippen LogP contribution is 2.26. The van der Waals surface area contributed by atoms with Crippen LogP contribution >= 0.6 is 0 Å². The van der Waals surface area contributed by atoms with Gasteiger partial charge in [-0.25, -0.2) is 0 Å². The van der Waals surface area contributed by atoms with E-state index in [-0.39, 0.29) is 5.91 Å². The van der Waals surface area contributed by atoms with Crippen molar-refractivity contribution in [2.75, 3.05) is 12.4 Å². The van der Waals surface area contributed by atoms with Gasteiger partial charge in [-0.15, -0.1) is 0 Å². The molecular formula is C17H16N4O2. The number of hydrogen-bond acceptors (Lipinski definition) is 4. The fraction of sp³-hybridized carbons (Fsp3) is 0.118. The first kappa shape index (κ1) is 14.8. The topological polar surface area (TPSA) is 79.9 Å². The molecule has 0 aliphatic carbocycles. The fourth-order valence-corrected chi connectivity index (χ4v) is 2.21. The number of benzene rings is 1. The molecule has 2 heterocycles. The van der Waals surface area contributed by atoms with Crippen molar-refractivity contribution in [3.05, 3.63) is 60.0 Å². The molecule has 3 aromatic rings. The number of aryl methyl sites for hydroxylation is 1. The number of anilines is 1. The summed E-state index contributed by atoms with van der Waals surface area (Å²) in [7, 11) is 1.57. The molecule has 2 aromatic heterocycles. The van der Waals surface area contributed by atoms with Gasteiger partial charge in [0.25, 0.3) is 5.91 Å². The maximum atomic E-state index is 12.4. The lowest BCUT2D eigenvalue weighted by molar-refractivity contribution is 0.102. The van der Waals surface area contributed by atoms with Crippen LogP contribution in [-0.2, 0) is 0 Å². The second-order valence-electron chi connectivity index (χ2n) is 5.07. The van der Waals surface area contributed by atoms with E-state index in [9.17, 15) is 4.79 Å². The van der Waals surface area contributed by atoms with Gasteiger partial charge in [0.1, 0.15) is 11.4 Å². The first-order valence-electron chi connectivity index (χ1n) is 7.09. The summed E-state index contributed by atoms with van der Waals surface area (Å²) in [6.07, 6.45) is 3.38. The van der Waals surface area contributed by atoms with Crippen molar-refractivity contribution in [2.24, 2.45) is 0 Å². The number of aromatic amines is 1. The summed E-state index contributed by atoms with van der Waals surface area (Å²) in [5.41, 5.74) is 3.53. The van der Waals surface area contributed by atoms with Gasteiger partial charge in [0.15, 0.2) is 0 Å². The smallest absolute Gasteiger partial charge is 0.273 e. The van der Waals surface area contributed by atoms with Crippen LogP contribution in [0.5, 0.6) is 5.75 Å². The maximum absolute atomic E-state index is 12.4. The average Bonchev–Trinajstić information content (AvgIpc) is 3.06. The first-order chi connectivity index (χ1) is 11.2. The Kier molecular flexibility index (Phi) is 4.05. The largest absolute Gasteiger partial charge is 0.495 e. The number of methoxy groups -OCH3 is 1. The van der Waals surface area contributed by atoms with E-state index in [1.165, 1.54) is 0 Å². The molecular weight excluding hydrogens is 292 g/mol. The van der Waals surface area contributed by atoms with Crippen molar-refractivity contribution >= 4 is 11.6 Å². The molecule has 0 unspecified atom stereocenters. The summed E-state index contributed by atoms with van der Waals surface area (Å²) in [4.78, 5) is 16.4. The molecule has 1 amide bonds. The highest BCUT2D eigenvalue weighted by molar-refractivity contribution is 6.04.